The lowest BCUT2D eigenvalue weighted by molar-refractivity contribution is 0.102. The molecule has 3 aromatic carbocycles. The first-order valence-electron chi connectivity index (χ1n) is 14.0. The van der Waals surface area contributed by atoms with Crippen molar-refractivity contribution in [3.63, 3.8) is 0 Å². The average molecular weight is 537 g/mol. The second kappa shape index (κ2) is 14.4. The van der Waals surface area contributed by atoms with Gasteiger partial charge in [-0.25, -0.2) is 9.97 Å². The third kappa shape index (κ3) is 8.21. The van der Waals surface area contributed by atoms with Crippen molar-refractivity contribution < 1.29 is 4.79 Å². The number of aryl methyl sites for hydroxylation is 1. The lowest BCUT2D eigenvalue weighted by atomic mass is 10.1. The number of piperazine rings is 1. The van der Waals surface area contributed by atoms with Crippen molar-refractivity contribution in [2.75, 3.05) is 43.9 Å². The van der Waals surface area contributed by atoms with E-state index in [9.17, 15) is 4.79 Å². The van der Waals surface area contributed by atoms with Gasteiger partial charge in [0.05, 0.1) is 5.69 Å². The van der Waals surface area contributed by atoms with Gasteiger partial charge in [-0.2, -0.15) is 0 Å². The van der Waals surface area contributed by atoms with Gasteiger partial charge in [0.2, 0.25) is 5.95 Å². The second-order valence-electron chi connectivity index (χ2n) is 10.2. The number of carbonyl (C=O) groups excluding carboxylic acids is 1. The molecular weight excluding hydrogens is 496 g/mol. The van der Waals surface area contributed by atoms with Crippen molar-refractivity contribution in [2.45, 2.75) is 33.7 Å². The maximum atomic E-state index is 12.9. The second-order valence-corrected chi connectivity index (χ2v) is 10.2. The number of hydrogen-bond donors (Lipinski definition) is 2. The van der Waals surface area contributed by atoms with Crippen LogP contribution in [0.15, 0.2) is 85.1 Å². The van der Waals surface area contributed by atoms with Crippen molar-refractivity contribution >= 4 is 23.2 Å². The Balaban J connectivity index is 0.00000118. The maximum absolute atomic E-state index is 12.9. The van der Waals surface area contributed by atoms with Gasteiger partial charge in [0.1, 0.15) is 0 Å². The number of hydrogen-bond acceptors (Lipinski definition) is 6. The van der Waals surface area contributed by atoms with E-state index in [0.29, 0.717) is 17.2 Å². The lowest BCUT2D eigenvalue weighted by Crippen LogP contribution is -2.43. The Bertz CT molecular complexity index is 1370. The highest BCUT2D eigenvalue weighted by atomic mass is 16.1. The number of aromatic nitrogens is 2. The number of rotatable bonds is 7. The van der Waals surface area contributed by atoms with Gasteiger partial charge < -0.3 is 15.5 Å². The van der Waals surface area contributed by atoms with Crippen LogP contribution in [0.3, 0.4) is 0 Å². The highest BCUT2D eigenvalue weighted by molar-refractivity contribution is 6.04. The smallest absolute Gasteiger partial charge is 0.255 e. The summed E-state index contributed by atoms with van der Waals surface area (Å²) in [6.45, 7) is 11.5. The summed E-state index contributed by atoms with van der Waals surface area (Å²) in [5, 5.41) is 6.32. The maximum Gasteiger partial charge on any atom is 0.255 e. The van der Waals surface area contributed by atoms with Crippen LogP contribution in [0.4, 0.5) is 17.3 Å². The molecule has 0 radical (unpaired) electrons. The van der Waals surface area contributed by atoms with Crippen LogP contribution in [0.2, 0.25) is 0 Å². The summed E-state index contributed by atoms with van der Waals surface area (Å²) >= 11 is 0. The Hall–Kier alpha value is -4.07. The number of anilines is 3. The standard InChI is InChI=1S/C30H32N6O.C3H8/c1-22-8-13-26(20-28(22)34-30-31-15-14-27(33-30)24-6-4-3-5-7-24)32-29(37)25-11-9-23(10-12-25)21-36-18-16-35(2)17-19-36;1-3-2/h3-15,20H,16-19,21H2,1-2H3,(H,32,37)(H,31,33,34);3H2,1-2H3. The molecule has 0 bridgehead atoms. The predicted octanol–water partition coefficient (Wildman–Crippen LogP) is 6.61. The normalized spacial score (nSPS) is 13.7. The molecule has 0 saturated carbocycles. The summed E-state index contributed by atoms with van der Waals surface area (Å²) in [7, 11) is 2.16. The molecule has 1 aliphatic heterocycles. The summed E-state index contributed by atoms with van der Waals surface area (Å²) in [6.07, 6.45) is 2.99. The zero-order valence-electron chi connectivity index (χ0n) is 24.0. The lowest BCUT2D eigenvalue weighted by Gasteiger charge is -2.32. The summed E-state index contributed by atoms with van der Waals surface area (Å²) in [5.41, 5.74) is 6.30. The van der Waals surface area contributed by atoms with Crippen LogP contribution in [0, 0.1) is 6.92 Å². The molecule has 0 spiro atoms. The Morgan fingerprint density at radius 2 is 1.60 bits per heavy atom. The molecule has 2 heterocycles. The molecule has 0 aliphatic carbocycles. The van der Waals surface area contributed by atoms with Crippen LogP contribution in [-0.2, 0) is 6.54 Å². The molecule has 5 rings (SSSR count). The van der Waals surface area contributed by atoms with Crippen molar-refractivity contribution in [1.82, 2.24) is 19.8 Å². The minimum absolute atomic E-state index is 0.136. The van der Waals surface area contributed by atoms with Gasteiger partial charge in [-0.3, -0.25) is 9.69 Å². The SMILES string of the molecule is CCC.Cc1ccc(NC(=O)c2ccc(CN3CCN(C)CC3)cc2)cc1Nc1nccc(-c2ccccc2)n1. The average Bonchev–Trinajstić information content (AvgIpc) is 2.97. The van der Waals surface area contributed by atoms with Gasteiger partial charge in [-0.05, 0) is 55.4 Å². The monoisotopic (exact) mass is 536 g/mol. The highest BCUT2D eigenvalue weighted by Crippen LogP contribution is 2.25. The van der Waals surface area contributed by atoms with E-state index < -0.39 is 0 Å². The van der Waals surface area contributed by atoms with Crippen molar-refractivity contribution in [3.05, 3.63) is 102 Å². The number of carbonyl (C=O) groups is 1. The van der Waals surface area contributed by atoms with Crippen LogP contribution in [0.5, 0.6) is 0 Å². The van der Waals surface area contributed by atoms with Crippen molar-refractivity contribution in [3.8, 4) is 11.3 Å². The van der Waals surface area contributed by atoms with Gasteiger partial charge in [-0.15, -0.1) is 0 Å². The van der Waals surface area contributed by atoms with Crippen LogP contribution < -0.4 is 10.6 Å². The Kier molecular flexibility index (Phi) is 10.4. The molecule has 40 heavy (non-hydrogen) atoms. The molecule has 1 saturated heterocycles. The minimum Gasteiger partial charge on any atom is -0.324 e. The molecule has 1 aliphatic rings. The molecule has 1 amide bonds. The zero-order valence-corrected chi connectivity index (χ0v) is 24.0. The van der Waals surface area contributed by atoms with E-state index >= 15 is 0 Å². The molecule has 2 N–H and O–H groups in total. The first kappa shape index (κ1) is 28.9. The summed E-state index contributed by atoms with van der Waals surface area (Å²) in [4.78, 5) is 26.8. The molecule has 7 heteroatoms. The fourth-order valence-electron chi connectivity index (χ4n) is 4.37. The van der Waals surface area contributed by atoms with Crippen LogP contribution in [-0.4, -0.2) is 58.9 Å². The molecule has 0 atom stereocenters. The van der Waals surface area contributed by atoms with Gasteiger partial charge in [0.25, 0.3) is 5.91 Å². The third-order valence-corrected chi connectivity index (χ3v) is 6.69. The molecule has 7 nitrogen and oxygen atoms in total. The van der Waals surface area contributed by atoms with Crippen LogP contribution in [0.25, 0.3) is 11.3 Å². The van der Waals surface area contributed by atoms with Gasteiger partial charge in [0.15, 0.2) is 0 Å². The summed E-state index contributed by atoms with van der Waals surface area (Å²) < 4.78 is 0. The first-order valence-corrected chi connectivity index (χ1v) is 14.0. The molecule has 0 unspecified atom stereocenters. The number of nitrogens with one attached hydrogen (secondary N) is 2. The van der Waals surface area contributed by atoms with Gasteiger partial charge >= 0.3 is 0 Å². The van der Waals surface area contributed by atoms with Crippen molar-refractivity contribution in [1.29, 1.82) is 0 Å². The van der Waals surface area contributed by atoms with E-state index in [1.165, 1.54) is 12.0 Å². The fraction of sp³-hybridized carbons (Fsp3) is 0.303. The topological polar surface area (TPSA) is 73.4 Å². The number of amides is 1. The fourth-order valence-corrected chi connectivity index (χ4v) is 4.37. The van der Waals surface area contributed by atoms with E-state index in [1.54, 1.807) is 6.20 Å². The van der Waals surface area contributed by atoms with E-state index in [-0.39, 0.29) is 5.91 Å². The van der Waals surface area contributed by atoms with Crippen LogP contribution in [0.1, 0.15) is 41.8 Å². The minimum atomic E-state index is -0.136. The third-order valence-electron chi connectivity index (χ3n) is 6.69. The summed E-state index contributed by atoms with van der Waals surface area (Å²) in [6, 6.07) is 25.6. The predicted molar refractivity (Wildman–Crippen MR) is 165 cm³/mol. The first-order chi connectivity index (χ1) is 19.4. The Labute approximate surface area is 238 Å². The van der Waals surface area contributed by atoms with E-state index in [4.69, 9.17) is 0 Å². The molecule has 208 valence electrons. The molecular formula is C33H40N6O. The number of likely N-dealkylation sites (N-methyl/N-ethyl adjacent to an activating group) is 1. The van der Waals surface area contributed by atoms with E-state index in [0.717, 1.165) is 55.2 Å². The molecule has 4 aromatic rings. The van der Waals surface area contributed by atoms with E-state index in [2.05, 4.69) is 51.3 Å². The van der Waals surface area contributed by atoms with Gasteiger partial charge in [-0.1, -0.05) is 68.8 Å². The number of nitrogens with zero attached hydrogens (tertiary/aromatic N) is 4. The Morgan fingerprint density at radius 1 is 0.900 bits per heavy atom. The van der Waals surface area contributed by atoms with Gasteiger partial charge in [0, 0.05) is 61.4 Å². The van der Waals surface area contributed by atoms with E-state index in [1.807, 2.05) is 85.8 Å². The zero-order chi connectivity index (χ0) is 28.3. The summed E-state index contributed by atoms with van der Waals surface area (Å²) in [5.74, 6) is 0.368. The molecule has 1 aromatic heterocycles. The Morgan fingerprint density at radius 3 is 2.30 bits per heavy atom. The number of benzene rings is 3. The highest BCUT2D eigenvalue weighted by Gasteiger charge is 2.14. The molecule has 1 fully saturated rings. The largest absolute Gasteiger partial charge is 0.324 e. The van der Waals surface area contributed by atoms with Crippen LogP contribution >= 0.6 is 0 Å². The van der Waals surface area contributed by atoms with Crippen molar-refractivity contribution in [2.24, 2.45) is 0 Å². The quantitative estimate of drug-likeness (QED) is 0.277.